The van der Waals surface area contributed by atoms with Crippen LogP contribution in [0.25, 0.3) is 21.9 Å². The van der Waals surface area contributed by atoms with Crippen molar-refractivity contribution in [2.45, 2.75) is 57.1 Å². The van der Waals surface area contributed by atoms with Crippen LogP contribution in [0.3, 0.4) is 0 Å². The van der Waals surface area contributed by atoms with E-state index in [1.807, 2.05) is 31.2 Å². The molecule has 9 nitrogen and oxygen atoms in total. The van der Waals surface area contributed by atoms with Gasteiger partial charge in [-0.1, -0.05) is 35.0 Å². The number of aryl methyl sites for hydroxylation is 1. The van der Waals surface area contributed by atoms with Crippen molar-refractivity contribution >= 4 is 45.2 Å². The summed E-state index contributed by atoms with van der Waals surface area (Å²) in [6.45, 7) is 1.86. The van der Waals surface area contributed by atoms with Crippen LogP contribution >= 0.6 is 11.6 Å². The van der Waals surface area contributed by atoms with Crippen LogP contribution in [0.15, 0.2) is 69.6 Å². The van der Waals surface area contributed by atoms with E-state index in [4.69, 9.17) is 26.5 Å². The van der Waals surface area contributed by atoms with E-state index < -0.39 is 11.6 Å². The first-order valence-corrected chi connectivity index (χ1v) is 13.8. The van der Waals surface area contributed by atoms with E-state index in [0.29, 0.717) is 76.4 Å². The molecular formula is C30H27ClFN5O4. The predicted octanol–water partition coefficient (Wildman–Crippen LogP) is 5.87. The molecule has 0 spiro atoms. The van der Waals surface area contributed by atoms with Gasteiger partial charge in [-0.15, -0.1) is 0 Å². The van der Waals surface area contributed by atoms with Crippen LogP contribution in [-0.2, 0) is 21.7 Å². The zero-order valence-corrected chi connectivity index (χ0v) is 23.0. The van der Waals surface area contributed by atoms with E-state index in [9.17, 15) is 14.0 Å². The molecule has 0 fully saturated rings. The van der Waals surface area contributed by atoms with Crippen LogP contribution in [0.5, 0.6) is 0 Å². The van der Waals surface area contributed by atoms with Crippen molar-refractivity contribution in [3.63, 3.8) is 0 Å². The molecule has 0 radical (unpaired) electrons. The van der Waals surface area contributed by atoms with E-state index in [1.54, 1.807) is 22.8 Å². The van der Waals surface area contributed by atoms with Gasteiger partial charge in [0.15, 0.2) is 11.4 Å². The zero-order chi connectivity index (χ0) is 28.7. The summed E-state index contributed by atoms with van der Waals surface area (Å²) in [7, 11) is 0. The van der Waals surface area contributed by atoms with E-state index in [0.717, 1.165) is 5.56 Å². The van der Waals surface area contributed by atoms with Crippen molar-refractivity contribution in [3.05, 3.63) is 93.0 Å². The lowest BCUT2D eigenvalue weighted by Gasteiger charge is -2.22. The van der Waals surface area contributed by atoms with Crippen LogP contribution in [0.2, 0.25) is 0 Å². The minimum Gasteiger partial charge on any atom is -0.481 e. The van der Waals surface area contributed by atoms with Gasteiger partial charge in [-0.3, -0.25) is 14.2 Å². The van der Waals surface area contributed by atoms with Gasteiger partial charge in [0.05, 0.1) is 33.7 Å². The van der Waals surface area contributed by atoms with Crippen molar-refractivity contribution in [1.29, 1.82) is 0 Å². The van der Waals surface area contributed by atoms with Gasteiger partial charge < -0.3 is 14.9 Å². The fraction of sp³-hybridized carbons (Fsp3) is 0.300. The Bertz CT molecular complexity index is 1840. The Hall–Kier alpha value is -4.31. The second-order valence-corrected chi connectivity index (χ2v) is 11.0. The molecule has 2 aliphatic rings. The molecule has 0 saturated carbocycles. The zero-order valence-electron chi connectivity index (χ0n) is 22.2. The number of oxime groups is 1. The average molecular weight is 576 g/mol. The molecule has 2 N–H and O–H groups in total. The molecule has 2 aromatic carbocycles. The Balaban J connectivity index is 1.32. The Kier molecular flexibility index (Phi) is 6.94. The lowest BCUT2D eigenvalue weighted by molar-refractivity contribution is -0.137. The summed E-state index contributed by atoms with van der Waals surface area (Å²) in [4.78, 5) is 43.2. The van der Waals surface area contributed by atoms with E-state index in [1.165, 1.54) is 12.1 Å². The molecule has 1 aliphatic carbocycles. The lowest BCUT2D eigenvalue weighted by atomic mass is 9.95. The molecule has 3 heterocycles. The Morgan fingerprint density at radius 3 is 2.85 bits per heavy atom. The molecular weight excluding hydrogens is 549 g/mol. The third-order valence-corrected chi connectivity index (χ3v) is 7.80. The van der Waals surface area contributed by atoms with Gasteiger partial charge in [-0.25, -0.2) is 14.4 Å². The monoisotopic (exact) mass is 575 g/mol. The number of nitrogens with zero attached hydrogens (tertiary/aromatic N) is 4. The first-order chi connectivity index (χ1) is 19.7. The molecule has 4 aromatic rings. The van der Waals surface area contributed by atoms with Crippen LogP contribution in [0, 0.1) is 5.82 Å². The van der Waals surface area contributed by atoms with Gasteiger partial charge in [0.2, 0.25) is 0 Å². The highest BCUT2D eigenvalue weighted by molar-refractivity contribution is 6.31. The number of carboxylic acids is 1. The molecule has 1 unspecified atom stereocenters. The number of unbranched alkanes of at least 4 members (excludes halogenated alkanes) is 1. The number of aliphatic carboxylic acids is 1. The van der Waals surface area contributed by atoms with Gasteiger partial charge >= 0.3 is 5.97 Å². The number of aromatic amines is 1. The minimum atomic E-state index is -0.881. The van der Waals surface area contributed by atoms with Gasteiger partial charge in [0, 0.05) is 29.9 Å². The van der Waals surface area contributed by atoms with Gasteiger partial charge in [0.1, 0.15) is 11.6 Å². The molecule has 0 amide bonds. The number of hydrogen-bond donors (Lipinski definition) is 2. The summed E-state index contributed by atoms with van der Waals surface area (Å²) >= 11 is 6.11. The number of fused-ring (bicyclic) bond motifs is 2. The number of aromatic nitrogens is 4. The Labute approximate surface area is 239 Å². The number of halogens is 2. The molecule has 0 bridgehead atoms. The first kappa shape index (κ1) is 26.9. The maximum atomic E-state index is 13.7. The molecule has 41 heavy (non-hydrogen) atoms. The maximum Gasteiger partial charge on any atom is 0.303 e. The third-order valence-electron chi connectivity index (χ3n) is 7.52. The number of benzene rings is 2. The Morgan fingerprint density at radius 2 is 2.07 bits per heavy atom. The average Bonchev–Trinajstić information content (AvgIpc) is 3.56. The van der Waals surface area contributed by atoms with Gasteiger partial charge in [-0.05, 0) is 62.6 Å². The molecule has 6 rings (SSSR count). The number of imidazole rings is 1. The van der Waals surface area contributed by atoms with E-state index in [2.05, 4.69) is 15.1 Å². The van der Waals surface area contributed by atoms with Crippen molar-refractivity contribution in [2.75, 3.05) is 0 Å². The maximum absolute atomic E-state index is 13.7. The normalized spacial score (nSPS) is 20.3. The third kappa shape index (κ3) is 5.27. The van der Waals surface area contributed by atoms with Crippen molar-refractivity contribution in [3.8, 4) is 0 Å². The molecule has 2 atom stereocenters. The number of hydrogen-bond acceptors (Lipinski definition) is 6. The second kappa shape index (κ2) is 10.6. The fourth-order valence-corrected chi connectivity index (χ4v) is 5.49. The molecule has 11 heteroatoms. The second-order valence-electron chi connectivity index (χ2n) is 10.6. The largest absolute Gasteiger partial charge is 0.481 e. The summed E-state index contributed by atoms with van der Waals surface area (Å²) in [5.74, 6) is -0.0761. The van der Waals surface area contributed by atoms with Crippen LogP contribution in [0.1, 0.15) is 62.3 Å². The number of nitrogens with one attached hydrogen (secondary N) is 1. The standard InChI is InChI=1S/C30H27ClFN5O4/c1-30(29-34-22-13-9-19(32)15-24(22)35-29)16-25(36-41-30)17-6-12-21-23(14-17)33-26(4-2-3-5-27(38)39)37(28(21)40)20-10-7-18(31)8-11-20/h6-10,12-15,20H,2-5,11,16H2,1H3,(H,34,35)(H,38,39)/t20?,30-/m1/s1. The van der Waals surface area contributed by atoms with Crippen LogP contribution < -0.4 is 5.56 Å². The molecule has 1 aliphatic heterocycles. The van der Waals surface area contributed by atoms with Crippen molar-refractivity contribution < 1.29 is 19.1 Å². The minimum absolute atomic E-state index is 0.0579. The molecule has 0 saturated heterocycles. The number of allylic oxidation sites excluding steroid dienone is 4. The number of rotatable bonds is 8. The summed E-state index contributed by atoms with van der Waals surface area (Å²) in [6, 6.07) is 9.54. The highest BCUT2D eigenvalue weighted by Crippen LogP contribution is 2.36. The SMILES string of the molecule is C[C@]1(c2nc3ccc(F)cc3[nH]2)CC(c2ccc3c(=O)n(C4C=CC(Cl)=CC4)c(CCCCC(=O)O)nc3c2)=NO1. The quantitative estimate of drug-likeness (QED) is 0.253. The predicted molar refractivity (Wildman–Crippen MR) is 154 cm³/mol. The first-order valence-electron chi connectivity index (χ1n) is 13.4. The number of carboxylic acid groups (broad SMARTS) is 1. The summed E-state index contributed by atoms with van der Waals surface area (Å²) < 4.78 is 15.4. The van der Waals surface area contributed by atoms with Crippen molar-refractivity contribution in [1.82, 2.24) is 19.5 Å². The van der Waals surface area contributed by atoms with E-state index >= 15 is 0 Å². The van der Waals surface area contributed by atoms with Crippen LogP contribution in [-0.4, -0.2) is 36.3 Å². The van der Waals surface area contributed by atoms with Gasteiger partial charge in [0.25, 0.3) is 5.56 Å². The smallest absolute Gasteiger partial charge is 0.303 e. The number of carbonyl (C=O) groups is 1. The Morgan fingerprint density at radius 1 is 1.22 bits per heavy atom. The summed E-state index contributed by atoms with van der Waals surface area (Å²) in [5.41, 5.74) is 2.12. The topological polar surface area (TPSA) is 122 Å². The summed E-state index contributed by atoms with van der Waals surface area (Å²) in [6.07, 6.45) is 8.08. The summed E-state index contributed by atoms with van der Waals surface area (Å²) in [5, 5.41) is 14.5. The van der Waals surface area contributed by atoms with Crippen LogP contribution in [0.4, 0.5) is 4.39 Å². The highest BCUT2D eigenvalue weighted by Gasteiger charge is 2.39. The van der Waals surface area contributed by atoms with Gasteiger partial charge in [-0.2, -0.15) is 0 Å². The van der Waals surface area contributed by atoms with Crippen molar-refractivity contribution in [2.24, 2.45) is 5.16 Å². The fourth-order valence-electron chi connectivity index (χ4n) is 5.33. The number of H-pyrrole nitrogens is 1. The molecule has 210 valence electrons. The lowest BCUT2D eigenvalue weighted by Crippen LogP contribution is -2.29. The van der Waals surface area contributed by atoms with E-state index in [-0.39, 0.29) is 23.8 Å². The highest BCUT2D eigenvalue weighted by atomic mass is 35.5. The molecule has 2 aromatic heterocycles.